The van der Waals surface area contributed by atoms with E-state index in [2.05, 4.69) is 21.1 Å². The summed E-state index contributed by atoms with van der Waals surface area (Å²) in [6, 6.07) is 7.57. The van der Waals surface area contributed by atoms with Gasteiger partial charge in [0, 0.05) is 69.4 Å². The number of nitrogens with zero attached hydrogens (tertiary/aromatic N) is 9. The molecule has 0 unspecified atom stereocenters. The Morgan fingerprint density at radius 1 is 1.08 bits per heavy atom. The number of aromatic nitrogens is 5. The van der Waals surface area contributed by atoms with Crippen LogP contribution >= 0.6 is 0 Å². The van der Waals surface area contributed by atoms with Crippen LogP contribution in [-0.2, 0) is 35.1 Å². The molecule has 0 radical (unpaired) electrons. The fraction of sp³-hybridized carbons (Fsp3) is 0.512. The Morgan fingerprint density at radius 3 is 2.51 bits per heavy atom. The maximum atomic E-state index is 13.6. The highest BCUT2D eigenvalue weighted by molar-refractivity contribution is 5.96. The van der Waals surface area contributed by atoms with E-state index in [4.69, 9.17) is 23.7 Å². The van der Waals surface area contributed by atoms with Crippen molar-refractivity contribution in [3.63, 3.8) is 0 Å². The molecule has 4 aromatic rings. The molecule has 1 aliphatic heterocycles. The lowest BCUT2D eigenvalue weighted by molar-refractivity contribution is -0.387. The fourth-order valence-corrected chi connectivity index (χ4v) is 7.84. The number of hydrogen-bond acceptors (Lipinski definition) is 15. The van der Waals surface area contributed by atoms with Crippen LogP contribution in [0.5, 0.6) is 5.75 Å². The van der Waals surface area contributed by atoms with Gasteiger partial charge in [0.25, 0.3) is 0 Å². The number of fused-ring (bicyclic) bond motifs is 1. The number of likely N-dealkylation sites (N-methyl/N-ethyl adjacent to an activating group) is 2. The van der Waals surface area contributed by atoms with Crippen LogP contribution in [0.3, 0.4) is 0 Å². The zero-order valence-corrected chi connectivity index (χ0v) is 34.8. The molecule has 0 N–H and O–H groups in total. The lowest BCUT2D eigenvalue weighted by atomic mass is 9.83. The van der Waals surface area contributed by atoms with Crippen LogP contribution in [0.2, 0.25) is 0 Å². The monoisotopic (exact) mass is 843 g/mol. The van der Waals surface area contributed by atoms with Gasteiger partial charge in [-0.3, -0.25) is 24.2 Å². The molecular weight excluding hydrogens is 795 g/mol. The Bertz CT molecular complexity index is 2300. The van der Waals surface area contributed by atoms with Crippen molar-refractivity contribution in [2.45, 2.75) is 84.0 Å². The van der Waals surface area contributed by atoms with Gasteiger partial charge in [0.05, 0.1) is 42.5 Å². The number of carbonyl (C=O) groups is 4. The molecule has 2 fully saturated rings. The summed E-state index contributed by atoms with van der Waals surface area (Å²) >= 11 is 0. The summed E-state index contributed by atoms with van der Waals surface area (Å²) in [6.07, 6.45) is 7.19. The minimum atomic E-state index is -1.38. The smallest absolute Gasteiger partial charge is 0.409 e. The first kappa shape index (κ1) is 43.9. The zero-order chi connectivity index (χ0) is 44.0. The lowest BCUT2D eigenvalue weighted by Crippen LogP contribution is -2.55. The largest absolute Gasteiger partial charge is 0.467 e. The highest BCUT2D eigenvalue weighted by atomic mass is 16.7. The van der Waals surface area contributed by atoms with E-state index < -0.39 is 65.0 Å². The number of nitro benzene ring substituents is 1. The van der Waals surface area contributed by atoms with Crippen molar-refractivity contribution >= 4 is 40.8 Å². The van der Waals surface area contributed by atoms with Crippen molar-refractivity contribution < 1.29 is 47.8 Å². The molecule has 1 saturated carbocycles. The van der Waals surface area contributed by atoms with Crippen molar-refractivity contribution in [2.24, 2.45) is 17.8 Å². The Labute approximate surface area is 351 Å². The molecule has 2 aliphatic rings. The van der Waals surface area contributed by atoms with E-state index in [1.54, 1.807) is 39.4 Å². The van der Waals surface area contributed by atoms with Crippen LogP contribution in [0.25, 0.3) is 22.3 Å². The standard InChI is InChI=1S/C41H49N9O11/c1-24-25(2)36(59-26(3)51)39(61-35(24)38(52)57-6)60-33-12-11-27(19-32(33)50(55)56)22-58-41(54)47(5)18-17-46(4)40(53)48-16-14-30-34(43-23-44-37(30)48)29-20-45-49(21-29)31(13-15-42)28-9-7-8-10-28/h11-12,14,16,19-21,23-25,28,31,35-36,39H,7-10,13,17-18,22H2,1-6H3/t24-,25-,31+,35-,36+,39+/m0/s1. The van der Waals surface area contributed by atoms with Crippen LogP contribution in [0.4, 0.5) is 15.3 Å². The number of ether oxygens (including phenoxy) is 5. The first-order valence-corrected chi connectivity index (χ1v) is 19.9. The quantitative estimate of drug-likeness (QED) is 0.0660. The first-order chi connectivity index (χ1) is 29.2. The van der Waals surface area contributed by atoms with Crippen molar-refractivity contribution in [3.05, 3.63) is 64.9 Å². The second-order valence-electron chi connectivity index (χ2n) is 15.4. The van der Waals surface area contributed by atoms with Crippen molar-refractivity contribution in [1.29, 1.82) is 5.26 Å². The molecular formula is C41H49N9O11. The van der Waals surface area contributed by atoms with Crippen LogP contribution < -0.4 is 4.74 Å². The van der Waals surface area contributed by atoms with E-state index in [9.17, 15) is 34.6 Å². The number of methoxy groups -OCH3 is 1. The second-order valence-corrected chi connectivity index (χ2v) is 15.4. The van der Waals surface area contributed by atoms with Crippen molar-refractivity contribution in [3.8, 4) is 23.1 Å². The van der Waals surface area contributed by atoms with Gasteiger partial charge in [0.15, 0.2) is 23.6 Å². The van der Waals surface area contributed by atoms with Crippen LogP contribution in [0.15, 0.2) is 49.2 Å². The predicted octanol–water partition coefficient (Wildman–Crippen LogP) is 5.50. The van der Waals surface area contributed by atoms with Gasteiger partial charge in [-0.15, -0.1) is 0 Å². The van der Waals surface area contributed by atoms with E-state index in [1.807, 2.05) is 10.9 Å². The molecule has 61 heavy (non-hydrogen) atoms. The molecule has 1 aliphatic carbocycles. The number of esters is 2. The summed E-state index contributed by atoms with van der Waals surface area (Å²) in [7, 11) is 4.28. The number of amides is 2. The third-order valence-corrected chi connectivity index (χ3v) is 11.5. The number of hydrogen-bond donors (Lipinski definition) is 0. The molecule has 2 amide bonds. The Hall–Kier alpha value is -6.62. The average molecular weight is 844 g/mol. The minimum Gasteiger partial charge on any atom is -0.467 e. The normalized spacial score (nSPS) is 20.6. The molecule has 0 bridgehead atoms. The van der Waals surface area contributed by atoms with Gasteiger partial charge in [-0.2, -0.15) is 10.4 Å². The van der Waals surface area contributed by atoms with Gasteiger partial charge in [-0.1, -0.05) is 32.8 Å². The topological polar surface area (TPSA) is 236 Å². The Kier molecular flexibility index (Phi) is 13.8. The number of nitro groups is 1. The molecule has 3 aromatic heterocycles. The average Bonchev–Trinajstić information content (AvgIpc) is 4.05. The number of rotatable bonds is 14. The third kappa shape index (κ3) is 9.72. The van der Waals surface area contributed by atoms with Gasteiger partial charge < -0.3 is 33.5 Å². The summed E-state index contributed by atoms with van der Waals surface area (Å²) < 4.78 is 30.7. The number of nitriles is 1. The van der Waals surface area contributed by atoms with Gasteiger partial charge in [-0.25, -0.2) is 24.4 Å². The minimum absolute atomic E-state index is 0.0197. The van der Waals surface area contributed by atoms with E-state index in [-0.39, 0.29) is 37.1 Å². The van der Waals surface area contributed by atoms with E-state index in [0.29, 0.717) is 29.1 Å². The molecule has 6 rings (SSSR count). The fourth-order valence-electron chi connectivity index (χ4n) is 7.84. The molecule has 20 heteroatoms. The maximum Gasteiger partial charge on any atom is 0.409 e. The summed E-state index contributed by atoms with van der Waals surface area (Å²) in [5.41, 5.74) is 1.53. The molecule has 20 nitrogen and oxygen atoms in total. The number of benzene rings is 1. The molecule has 4 heterocycles. The van der Waals surface area contributed by atoms with E-state index in [0.717, 1.165) is 31.2 Å². The first-order valence-electron chi connectivity index (χ1n) is 19.9. The maximum absolute atomic E-state index is 13.6. The van der Waals surface area contributed by atoms with Crippen molar-refractivity contribution in [1.82, 2.24) is 34.1 Å². The molecule has 324 valence electrons. The highest BCUT2D eigenvalue weighted by Gasteiger charge is 2.48. The Balaban J connectivity index is 1.06. The van der Waals surface area contributed by atoms with Crippen LogP contribution in [0, 0.1) is 39.2 Å². The SMILES string of the molecule is COC(=O)[C@H]1O[C@@H](Oc2ccc(COC(=O)N(C)CCN(C)C(=O)n3ccc4c(-c5cnn([C@H](CC#N)C6CCCC6)c5)ncnc43)cc2[N+](=O)[O-])[C@H](OC(C)=O)[C@@H](C)[C@@H]1C. The predicted molar refractivity (Wildman–Crippen MR) is 214 cm³/mol. The summed E-state index contributed by atoms with van der Waals surface area (Å²) in [4.78, 5) is 74.0. The molecule has 0 spiro atoms. The van der Waals surface area contributed by atoms with E-state index >= 15 is 0 Å². The molecule has 1 aromatic carbocycles. The molecule has 6 atom stereocenters. The van der Waals surface area contributed by atoms with Gasteiger partial charge in [0.2, 0.25) is 6.29 Å². The molecule has 1 saturated heterocycles. The van der Waals surface area contributed by atoms with E-state index in [1.165, 1.54) is 60.0 Å². The van der Waals surface area contributed by atoms with Gasteiger partial charge in [-0.05, 0) is 42.4 Å². The van der Waals surface area contributed by atoms with Crippen molar-refractivity contribution in [2.75, 3.05) is 34.3 Å². The summed E-state index contributed by atoms with van der Waals surface area (Å²) in [6.45, 7) is 4.56. The lowest BCUT2D eigenvalue weighted by Gasteiger charge is -2.42. The third-order valence-electron chi connectivity index (χ3n) is 11.5. The van der Waals surface area contributed by atoms with Gasteiger partial charge >= 0.3 is 29.8 Å². The number of carbonyl (C=O) groups excluding carboxylic acids is 4. The second kappa shape index (κ2) is 19.2. The highest BCUT2D eigenvalue weighted by Crippen LogP contribution is 2.39. The summed E-state index contributed by atoms with van der Waals surface area (Å²) in [5.74, 6) is -2.03. The zero-order valence-electron chi connectivity index (χ0n) is 34.8. The summed E-state index contributed by atoms with van der Waals surface area (Å²) in [5, 5.41) is 26.9. The van der Waals surface area contributed by atoms with Crippen LogP contribution in [-0.4, -0.2) is 116 Å². The van der Waals surface area contributed by atoms with Gasteiger partial charge in [0.1, 0.15) is 12.9 Å². The Morgan fingerprint density at radius 2 is 1.82 bits per heavy atom. The van der Waals surface area contributed by atoms with Crippen LogP contribution in [0.1, 0.15) is 64.5 Å².